The number of ether oxygens (including phenoxy) is 1. The molecule has 3 aromatic rings. The number of piperazine rings is 1. The van der Waals surface area contributed by atoms with Gasteiger partial charge >= 0.3 is 5.97 Å². The molecule has 0 bridgehead atoms. The van der Waals surface area contributed by atoms with E-state index in [1.165, 1.54) is 17.5 Å². The van der Waals surface area contributed by atoms with Crippen LogP contribution in [0.1, 0.15) is 41.3 Å². The van der Waals surface area contributed by atoms with Crippen LogP contribution in [0.4, 0.5) is 22.5 Å². The van der Waals surface area contributed by atoms with Gasteiger partial charge in [0.05, 0.1) is 16.9 Å². The highest BCUT2D eigenvalue weighted by Crippen LogP contribution is 2.28. The number of hydrogen-bond donors (Lipinski definition) is 3. The summed E-state index contributed by atoms with van der Waals surface area (Å²) in [6.07, 6.45) is 2.15. The van der Waals surface area contributed by atoms with Crippen LogP contribution in [0.5, 0.6) is 0 Å². The predicted octanol–water partition coefficient (Wildman–Crippen LogP) is 5.08. The third kappa shape index (κ3) is 10.4. The van der Waals surface area contributed by atoms with Crippen LogP contribution in [0, 0.1) is 19.8 Å². The van der Waals surface area contributed by atoms with Crippen molar-refractivity contribution < 1.29 is 14.3 Å². The van der Waals surface area contributed by atoms with Gasteiger partial charge in [0.2, 0.25) is 0 Å². The molecule has 4 rings (SSSR count). The minimum atomic E-state index is -0.568. The van der Waals surface area contributed by atoms with Gasteiger partial charge in [0, 0.05) is 38.8 Å². The quantitative estimate of drug-likeness (QED) is 0.236. The topological polar surface area (TPSA) is 139 Å². The maximum atomic E-state index is 12.8. The Morgan fingerprint density at radius 1 is 1.14 bits per heavy atom. The van der Waals surface area contributed by atoms with Gasteiger partial charge in [0.15, 0.2) is 5.13 Å². The number of esters is 1. The van der Waals surface area contributed by atoms with Crippen molar-refractivity contribution in [1.29, 1.82) is 0 Å². The molecule has 0 saturated carbocycles. The Morgan fingerprint density at radius 2 is 1.86 bits per heavy atom. The lowest BCUT2D eigenvalue weighted by atomic mass is 10.1. The van der Waals surface area contributed by atoms with E-state index in [9.17, 15) is 9.59 Å². The molecule has 4 N–H and O–H groups in total. The second kappa shape index (κ2) is 16.9. The molecule has 3 heterocycles. The number of thiazole rings is 1. The number of para-hydroxylation sites is 1. The van der Waals surface area contributed by atoms with Crippen LogP contribution >= 0.6 is 47.8 Å². The second-order valence-corrected chi connectivity index (χ2v) is 11.9. The standard InChI is InChI=1S/C28H37ClN8O3S.2ClH/c1-17(2)14-21(30)27(39)40-13-12-36-8-10-37(11-9-36)24-15-23(32-19(4)33-24)34-28-31-16-22(41-28)26(38)35-25-18(3)6-5-7-20(25)29;;/h5-7,15-17,21H,8-14,30H2,1-4H3,(H,35,38)(H,31,32,33,34);2*1H/t21-;;/m0../s1. The number of halogens is 3. The van der Waals surface area contributed by atoms with Crippen molar-refractivity contribution in [2.45, 2.75) is 40.2 Å². The molecule has 0 radical (unpaired) electrons. The molecule has 1 saturated heterocycles. The maximum absolute atomic E-state index is 12.8. The number of nitrogens with two attached hydrogens (primary N) is 1. The number of benzene rings is 1. The molecule has 1 aliphatic heterocycles. The van der Waals surface area contributed by atoms with Crippen molar-refractivity contribution in [2.75, 3.05) is 54.9 Å². The average Bonchev–Trinajstić information content (AvgIpc) is 3.39. The number of amides is 1. The summed E-state index contributed by atoms with van der Waals surface area (Å²) < 4.78 is 5.38. The highest BCUT2D eigenvalue weighted by molar-refractivity contribution is 7.17. The van der Waals surface area contributed by atoms with Gasteiger partial charge in [0.1, 0.15) is 35.0 Å². The van der Waals surface area contributed by atoms with Crippen molar-refractivity contribution in [3.8, 4) is 0 Å². The molecular formula is C28H39Cl3N8O3S. The van der Waals surface area contributed by atoms with Crippen molar-refractivity contribution in [3.05, 3.63) is 51.7 Å². The molecule has 2 aromatic heterocycles. The highest BCUT2D eigenvalue weighted by Gasteiger charge is 2.21. The summed E-state index contributed by atoms with van der Waals surface area (Å²) in [5.74, 6) is 1.77. The number of hydrogen-bond acceptors (Lipinski definition) is 11. The van der Waals surface area contributed by atoms with Gasteiger partial charge in [-0.25, -0.2) is 15.0 Å². The van der Waals surface area contributed by atoms with Crippen LogP contribution in [0.25, 0.3) is 0 Å². The third-order valence-corrected chi connectivity index (χ3v) is 7.85. The van der Waals surface area contributed by atoms with Crippen molar-refractivity contribution in [2.24, 2.45) is 11.7 Å². The van der Waals surface area contributed by atoms with Gasteiger partial charge in [-0.2, -0.15) is 0 Å². The molecule has 1 atom stereocenters. The third-order valence-electron chi connectivity index (χ3n) is 6.63. The lowest BCUT2D eigenvalue weighted by Gasteiger charge is -2.35. The van der Waals surface area contributed by atoms with E-state index >= 15 is 0 Å². The fraction of sp³-hybridized carbons (Fsp3) is 0.464. The van der Waals surface area contributed by atoms with Crippen molar-refractivity contribution >= 4 is 82.1 Å². The molecule has 0 aliphatic carbocycles. The van der Waals surface area contributed by atoms with E-state index in [1.807, 2.05) is 45.9 Å². The number of aromatic nitrogens is 3. The second-order valence-electron chi connectivity index (χ2n) is 10.4. The van der Waals surface area contributed by atoms with Crippen LogP contribution in [-0.4, -0.2) is 77.1 Å². The van der Waals surface area contributed by atoms with Crippen LogP contribution in [0.3, 0.4) is 0 Å². The molecule has 236 valence electrons. The predicted molar refractivity (Wildman–Crippen MR) is 178 cm³/mol. The molecule has 1 amide bonds. The molecule has 0 spiro atoms. The van der Waals surface area contributed by atoms with Crippen molar-refractivity contribution in [3.63, 3.8) is 0 Å². The van der Waals surface area contributed by atoms with E-state index in [2.05, 4.69) is 35.4 Å². The molecular weight excluding hydrogens is 635 g/mol. The fourth-order valence-corrected chi connectivity index (χ4v) is 5.46. The normalized spacial score (nSPS) is 14.0. The lowest BCUT2D eigenvalue weighted by Crippen LogP contribution is -2.48. The molecule has 11 nitrogen and oxygen atoms in total. The highest BCUT2D eigenvalue weighted by atomic mass is 35.5. The molecule has 43 heavy (non-hydrogen) atoms. The van der Waals surface area contributed by atoms with E-state index < -0.39 is 6.04 Å². The zero-order chi connectivity index (χ0) is 29.5. The maximum Gasteiger partial charge on any atom is 0.322 e. The van der Waals surface area contributed by atoms with Crippen LogP contribution in [0.15, 0.2) is 30.5 Å². The smallest absolute Gasteiger partial charge is 0.322 e. The van der Waals surface area contributed by atoms with Crippen LogP contribution in [0.2, 0.25) is 5.02 Å². The van der Waals surface area contributed by atoms with E-state index in [0.29, 0.717) is 57.9 Å². The number of nitrogens with one attached hydrogen (secondary N) is 2. The number of rotatable bonds is 11. The molecule has 15 heteroatoms. The Bertz CT molecular complexity index is 1350. The number of carbonyl (C=O) groups excluding carboxylic acids is 2. The Morgan fingerprint density at radius 3 is 2.53 bits per heavy atom. The number of aryl methyl sites for hydroxylation is 2. The minimum Gasteiger partial charge on any atom is -0.463 e. The first-order valence-corrected chi connectivity index (χ1v) is 14.8. The monoisotopic (exact) mass is 672 g/mol. The summed E-state index contributed by atoms with van der Waals surface area (Å²) in [7, 11) is 0. The fourth-order valence-electron chi connectivity index (χ4n) is 4.48. The Hall–Kier alpha value is -2.74. The lowest BCUT2D eigenvalue weighted by molar-refractivity contribution is -0.146. The largest absolute Gasteiger partial charge is 0.463 e. The molecule has 1 fully saturated rings. The Kier molecular flexibility index (Phi) is 14.4. The van der Waals surface area contributed by atoms with E-state index in [0.717, 1.165) is 37.6 Å². The van der Waals surface area contributed by atoms with E-state index in [1.54, 1.807) is 6.07 Å². The molecule has 1 aromatic carbocycles. The van der Waals surface area contributed by atoms with Gasteiger partial charge in [-0.05, 0) is 37.8 Å². The van der Waals surface area contributed by atoms with Crippen LogP contribution < -0.4 is 21.3 Å². The van der Waals surface area contributed by atoms with E-state index in [-0.39, 0.29) is 36.7 Å². The zero-order valence-electron chi connectivity index (χ0n) is 24.6. The van der Waals surface area contributed by atoms with Gasteiger partial charge in [0.25, 0.3) is 5.91 Å². The summed E-state index contributed by atoms with van der Waals surface area (Å²) in [4.78, 5) is 43.3. The number of anilines is 4. The summed E-state index contributed by atoms with van der Waals surface area (Å²) in [6, 6.07) is 6.78. The summed E-state index contributed by atoms with van der Waals surface area (Å²) in [5, 5.41) is 7.11. The average molecular weight is 674 g/mol. The summed E-state index contributed by atoms with van der Waals surface area (Å²) in [5.41, 5.74) is 7.37. The van der Waals surface area contributed by atoms with Crippen molar-refractivity contribution in [1.82, 2.24) is 19.9 Å². The SMILES string of the molecule is Cc1nc(Nc2ncc(C(=O)Nc3c(C)cccc3Cl)s2)cc(N2CCN(CCOC(=O)[C@@H](N)CC(C)C)CC2)n1.Cl.Cl. The number of carbonyl (C=O) groups is 2. The number of nitrogens with zero attached hydrogens (tertiary/aromatic N) is 5. The summed E-state index contributed by atoms with van der Waals surface area (Å²) in [6.45, 7) is 12.0. The zero-order valence-corrected chi connectivity index (χ0v) is 27.8. The van der Waals surface area contributed by atoms with Crippen LogP contribution in [-0.2, 0) is 9.53 Å². The van der Waals surface area contributed by atoms with E-state index in [4.69, 9.17) is 22.1 Å². The first kappa shape index (κ1) is 36.5. The van der Waals surface area contributed by atoms with Gasteiger partial charge in [-0.3, -0.25) is 14.5 Å². The van der Waals surface area contributed by atoms with Gasteiger partial charge in [-0.15, -0.1) is 24.8 Å². The Balaban J connectivity index is 0.00000323. The first-order valence-electron chi connectivity index (χ1n) is 13.6. The molecule has 1 aliphatic rings. The summed E-state index contributed by atoms with van der Waals surface area (Å²) >= 11 is 7.48. The molecule has 0 unspecified atom stereocenters. The minimum absolute atomic E-state index is 0. The first-order chi connectivity index (χ1) is 19.6. The van der Waals surface area contributed by atoms with Gasteiger partial charge < -0.3 is 26.0 Å². The Labute approximate surface area is 273 Å². The van der Waals surface area contributed by atoms with Gasteiger partial charge in [-0.1, -0.05) is 48.9 Å².